The quantitative estimate of drug-likeness (QED) is 0.700. The smallest absolute Gasteiger partial charge is 0.346 e. The molecule has 2 aliphatic heterocycles. The molecule has 6 nitrogen and oxygen atoms in total. The highest BCUT2D eigenvalue weighted by molar-refractivity contribution is 7.54. The molecule has 0 aromatic heterocycles. The molecule has 0 atom stereocenters. The van der Waals surface area contributed by atoms with Gasteiger partial charge in [-0.15, -0.1) is 0 Å². The van der Waals surface area contributed by atoms with Crippen LogP contribution in [0, 0.1) is 0 Å². The molecule has 0 spiro atoms. The van der Waals surface area contributed by atoms with Gasteiger partial charge < -0.3 is 14.0 Å². The van der Waals surface area contributed by atoms with Crippen LogP contribution in [0.25, 0.3) is 0 Å². The van der Waals surface area contributed by atoms with Gasteiger partial charge >= 0.3 is 7.67 Å². The molecule has 2 rings (SSSR count). The van der Waals surface area contributed by atoms with Gasteiger partial charge in [-0.1, -0.05) is 0 Å². The van der Waals surface area contributed by atoms with Crippen LogP contribution >= 0.6 is 7.67 Å². The second-order valence-corrected chi connectivity index (χ2v) is 6.41. The van der Waals surface area contributed by atoms with Crippen molar-refractivity contribution in [1.82, 2.24) is 9.34 Å². The van der Waals surface area contributed by atoms with E-state index in [-0.39, 0.29) is 0 Å². The van der Waals surface area contributed by atoms with Crippen LogP contribution in [0.5, 0.6) is 0 Å². The molecule has 0 aromatic rings. The molecule has 2 heterocycles. The summed E-state index contributed by atoms with van der Waals surface area (Å²) in [5.41, 5.74) is 0. The number of nitrogens with zero attached hydrogens (tertiary/aromatic N) is 2. The van der Waals surface area contributed by atoms with Crippen LogP contribution in [0.1, 0.15) is 6.92 Å². The molecule has 100 valence electrons. The minimum Gasteiger partial charge on any atom is -0.379 e. The molecule has 0 bridgehead atoms. The first-order valence-electron chi connectivity index (χ1n) is 6.18. The van der Waals surface area contributed by atoms with Crippen LogP contribution in [0.4, 0.5) is 0 Å². The summed E-state index contributed by atoms with van der Waals surface area (Å²) in [5, 5.41) is 0. The van der Waals surface area contributed by atoms with Gasteiger partial charge in [0.15, 0.2) is 0 Å². The highest BCUT2D eigenvalue weighted by atomic mass is 31.2. The second kappa shape index (κ2) is 6.27. The molecular formula is C10H21N2O4P. The summed E-state index contributed by atoms with van der Waals surface area (Å²) in [7, 11) is -2.86. The van der Waals surface area contributed by atoms with E-state index in [0.29, 0.717) is 59.2 Å². The van der Waals surface area contributed by atoms with Crippen LogP contribution in [0.15, 0.2) is 0 Å². The monoisotopic (exact) mass is 264 g/mol. The Labute approximate surface area is 102 Å². The molecule has 0 amide bonds. The third-order valence-electron chi connectivity index (χ3n) is 2.99. The van der Waals surface area contributed by atoms with E-state index in [1.54, 1.807) is 0 Å². The Bertz CT molecular complexity index is 255. The van der Waals surface area contributed by atoms with Crippen LogP contribution in [-0.4, -0.2) is 68.6 Å². The lowest BCUT2D eigenvalue weighted by molar-refractivity contribution is 0.0383. The predicted molar refractivity (Wildman–Crippen MR) is 64.0 cm³/mol. The average molecular weight is 264 g/mol. The maximum absolute atomic E-state index is 13.0. The van der Waals surface area contributed by atoms with Crippen LogP contribution in [-0.2, 0) is 18.6 Å². The molecule has 0 aromatic carbocycles. The number of hydrogen-bond donors (Lipinski definition) is 0. The summed E-state index contributed by atoms with van der Waals surface area (Å²) in [6.45, 7) is 7.55. The van der Waals surface area contributed by atoms with Crippen molar-refractivity contribution in [3.8, 4) is 0 Å². The van der Waals surface area contributed by atoms with Gasteiger partial charge in [0.05, 0.1) is 33.0 Å². The SMILES string of the molecule is CCOP(=O)(N1CCOCC1)N1CCOCC1. The first-order chi connectivity index (χ1) is 8.27. The van der Waals surface area contributed by atoms with Crippen molar-refractivity contribution in [1.29, 1.82) is 0 Å². The lowest BCUT2D eigenvalue weighted by Crippen LogP contribution is -2.43. The van der Waals surface area contributed by atoms with Gasteiger partial charge in [-0.05, 0) is 6.92 Å². The fourth-order valence-corrected chi connectivity index (χ4v) is 4.48. The van der Waals surface area contributed by atoms with E-state index in [2.05, 4.69) is 0 Å². The highest BCUT2D eigenvalue weighted by Gasteiger charge is 2.39. The number of ether oxygens (including phenoxy) is 2. The normalized spacial score (nSPS) is 25.0. The van der Waals surface area contributed by atoms with Crippen molar-refractivity contribution in [2.45, 2.75) is 6.92 Å². The zero-order valence-corrected chi connectivity index (χ0v) is 11.2. The van der Waals surface area contributed by atoms with Gasteiger partial charge in [-0.3, -0.25) is 4.57 Å². The van der Waals surface area contributed by atoms with Gasteiger partial charge in [0, 0.05) is 26.2 Å². The standard InChI is InChI=1S/C10H21N2O4P/c1-2-16-17(13,11-3-7-14-8-4-11)12-5-9-15-10-6-12/h2-10H2,1H3. The zero-order valence-electron chi connectivity index (χ0n) is 10.3. The third kappa shape index (κ3) is 3.08. The van der Waals surface area contributed by atoms with E-state index in [0.717, 1.165) is 0 Å². The zero-order chi connectivity index (χ0) is 12.1. The summed E-state index contributed by atoms with van der Waals surface area (Å²) in [6.07, 6.45) is 0. The molecule has 2 aliphatic rings. The highest BCUT2D eigenvalue weighted by Crippen LogP contribution is 2.54. The van der Waals surface area contributed by atoms with Crippen molar-refractivity contribution in [2.24, 2.45) is 0 Å². The fraction of sp³-hybridized carbons (Fsp3) is 1.00. The minimum atomic E-state index is -2.86. The van der Waals surface area contributed by atoms with Crippen LogP contribution in [0.2, 0.25) is 0 Å². The Balaban J connectivity index is 2.08. The average Bonchev–Trinajstić information content (AvgIpc) is 2.41. The summed E-state index contributed by atoms with van der Waals surface area (Å²) in [4.78, 5) is 0. The molecular weight excluding hydrogens is 243 g/mol. The lowest BCUT2D eigenvalue weighted by Gasteiger charge is -2.40. The Morgan fingerprint density at radius 3 is 1.76 bits per heavy atom. The van der Waals surface area contributed by atoms with E-state index >= 15 is 0 Å². The fourth-order valence-electron chi connectivity index (χ4n) is 2.12. The van der Waals surface area contributed by atoms with Crippen LogP contribution < -0.4 is 0 Å². The van der Waals surface area contributed by atoms with E-state index < -0.39 is 7.67 Å². The van der Waals surface area contributed by atoms with Gasteiger partial charge in [0.1, 0.15) is 0 Å². The Hall–Kier alpha value is 0.0300. The van der Waals surface area contributed by atoms with Crippen LogP contribution in [0.3, 0.4) is 0 Å². The van der Waals surface area contributed by atoms with E-state index in [1.807, 2.05) is 16.3 Å². The number of hydrogen-bond acceptors (Lipinski definition) is 4. The number of rotatable bonds is 4. The summed E-state index contributed by atoms with van der Waals surface area (Å²) < 4.78 is 33.1. The Morgan fingerprint density at radius 1 is 1.00 bits per heavy atom. The molecule has 0 unspecified atom stereocenters. The van der Waals surface area contributed by atoms with Crippen molar-refractivity contribution < 1.29 is 18.6 Å². The van der Waals surface area contributed by atoms with Crippen molar-refractivity contribution >= 4 is 7.67 Å². The van der Waals surface area contributed by atoms with E-state index in [4.69, 9.17) is 14.0 Å². The largest absolute Gasteiger partial charge is 0.379 e. The lowest BCUT2D eigenvalue weighted by atomic mass is 10.5. The predicted octanol–water partition coefficient (Wildman–Crippen LogP) is 0.795. The van der Waals surface area contributed by atoms with Gasteiger partial charge in [0.25, 0.3) is 0 Å². The van der Waals surface area contributed by atoms with Crippen molar-refractivity contribution in [3.05, 3.63) is 0 Å². The van der Waals surface area contributed by atoms with Gasteiger partial charge in [-0.25, -0.2) is 9.34 Å². The molecule has 17 heavy (non-hydrogen) atoms. The topological polar surface area (TPSA) is 51.2 Å². The molecule has 0 saturated carbocycles. The van der Waals surface area contributed by atoms with Crippen molar-refractivity contribution in [3.63, 3.8) is 0 Å². The van der Waals surface area contributed by atoms with Gasteiger partial charge in [0.2, 0.25) is 0 Å². The summed E-state index contributed by atoms with van der Waals surface area (Å²) in [6, 6.07) is 0. The molecule has 2 fully saturated rings. The molecule has 0 radical (unpaired) electrons. The van der Waals surface area contributed by atoms with Crippen molar-refractivity contribution in [2.75, 3.05) is 59.2 Å². The molecule has 2 saturated heterocycles. The summed E-state index contributed by atoms with van der Waals surface area (Å²) in [5.74, 6) is 0. The third-order valence-corrected chi connectivity index (χ3v) is 5.81. The summed E-state index contributed by atoms with van der Waals surface area (Å²) >= 11 is 0. The molecule has 0 N–H and O–H groups in total. The second-order valence-electron chi connectivity index (χ2n) is 4.04. The molecule has 7 heteroatoms. The minimum absolute atomic E-state index is 0.464. The Kier molecular flexibility index (Phi) is 4.97. The van der Waals surface area contributed by atoms with Gasteiger partial charge in [-0.2, -0.15) is 0 Å². The van der Waals surface area contributed by atoms with E-state index in [1.165, 1.54) is 0 Å². The maximum atomic E-state index is 13.0. The number of morpholine rings is 2. The Morgan fingerprint density at radius 2 is 1.41 bits per heavy atom. The maximum Gasteiger partial charge on any atom is 0.346 e. The van der Waals surface area contributed by atoms with E-state index in [9.17, 15) is 4.57 Å². The first-order valence-corrected chi connectivity index (χ1v) is 7.71. The molecule has 0 aliphatic carbocycles. The first kappa shape index (κ1) is 13.5.